The number of carbonyl (C=O) groups excluding carboxylic acids is 1. The first kappa shape index (κ1) is 22.0. The maximum atomic E-state index is 12.4. The first-order valence-corrected chi connectivity index (χ1v) is 10.5. The minimum atomic E-state index is -1.82. The fraction of sp³-hybridized carbons (Fsp3) is 0.125. The molecule has 1 atom stereocenters. The number of benzene rings is 2. The molecule has 26 heavy (non-hydrogen) atoms. The van der Waals surface area contributed by atoms with Crippen molar-refractivity contribution in [3.63, 3.8) is 0 Å². The van der Waals surface area contributed by atoms with Crippen molar-refractivity contribution in [1.29, 1.82) is 0 Å². The van der Waals surface area contributed by atoms with Crippen molar-refractivity contribution < 1.29 is 4.79 Å². The second-order valence-electron chi connectivity index (χ2n) is 5.04. The van der Waals surface area contributed by atoms with Crippen LogP contribution < -0.4 is 16.0 Å². The molecule has 10 heteroatoms. The van der Waals surface area contributed by atoms with Gasteiger partial charge >= 0.3 is 0 Å². The van der Waals surface area contributed by atoms with Gasteiger partial charge in [0.1, 0.15) is 6.17 Å². The van der Waals surface area contributed by atoms with Crippen LogP contribution in [0.1, 0.15) is 10.4 Å². The zero-order valence-electron chi connectivity index (χ0n) is 12.9. The van der Waals surface area contributed by atoms with Crippen molar-refractivity contribution in [3.05, 3.63) is 62.1 Å². The summed E-state index contributed by atoms with van der Waals surface area (Å²) in [6, 6.07) is 14.4. The molecule has 0 aliphatic rings. The number of carbonyl (C=O) groups is 1. The highest BCUT2D eigenvalue weighted by Gasteiger charge is 2.35. The smallest absolute Gasteiger partial charge is 0.253 e. The summed E-state index contributed by atoms with van der Waals surface area (Å²) in [6.45, 7) is 0. The van der Waals surface area contributed by atoms with Gasteiger partial charge in [0, 0.05) is 13.6 Å². The summed E-state index contributed by atoms with van der Waals surface area (Å²) in [4.78, 5) is 12.4. The first-order valence-electron chi connectivity index (χ1n) is 7.12. The van der Waals surface area contributed by atoms with E-state index in [2.05, 4.69) is 54.5 Å². The van der Waals surface area contributed by atoms with Gasteiger partial charge in [-0.25, -0.2) is 0 Å². The van der Waals surface area contributed by atoms with E-state index in [1.54, 1.807) is 18.2 Å². The molecule has 0 fully saturated rings. The summed E-state index contributed by atoms with van der Waals surface area (Å²) >= 11 is 28.7. The Labute approximate surface area is 193 Å². The van der Waals surface area contributed by atoms with Gasteiger partial charge in [0.15, 0.2) is 5.11 Å². The molecule has 0 aliphatic carbocycles. The molecule has 2 rings (SSSR count). The fourth-order valence-electron chi connectivity index (χ4n) is 1.90. The van der Waals surface area contributed by atoms with E-state index in [4.69, 9.17) is 47.0 Å². The summed E-state index contributed by atoms with van der Waals surface area (Å²) < 4.78 is -0.0886. The van der Waals surface area contributed by atoms with Gasteiger partial charge in [-0.1, -0.05) is 68.9 Å². The number of halogens is 5. The minimum Gasteiger partial charge on any atom is -0.339 e. The lowest BCUT2D eigenvalue weighted by Gasteiger charge is -2.28. The van der Waals surface area contributed by atoms with Crippen LogP contribution in [-0.2, 0) is 0 Å². The number of amides is 1. The van der Waals surface area contributed by atoms with E-state index in [9.17, 15) is 4.79 Å². The van der Waals surface area contributed by atoms with Crippen LogP contribution in [-0.4, -0.2) is 21.0 Å². The normalized spacial score (nSPS) is 12.2. The van der Waals surface area contributed by atoms with E-state index < -0.39 is 15.9 Å². The summed E-state index contributed by atoms with van der Waals surface area (Å²) in [7, 11) is 0. The highest BCUT2D eigenvalue weighted by Crippen LogP contribution is 2.29. The predicted molar refractivity (Wildman–Crippen MR) is 124 cm³/mol. The lowest BCUT2D eigenvalue weighted by molar-refractivity contribution is 0.0934. The Morgan fingerprint density at radius 2 is 1.81 bits per heavy atom. The van der Waals surface area contributed by atoms with E-state index in [1.807, 2.05) is 30.3 Å². The number of thiocarbonyl (C=S) groups is 1. The maximum absolute atomic E-state index is 12.4. The molecule has 0 bridgehead atoms. The number of alkyl halides is 3. The molecule has 2 aromatic carbocycles. The zero-order valence-corrected chi connectivity index (χ0v) is 19.7. The molecule has 0 aliphatic heterocycles. The van der Waals surface area contributed by atoms with Crippen molar-refractivity contribution in [1.82, 2.24) is 10.6 Å². The van der Waals surface area contributed by atoms with Gasteiger partial charge < -0.3 is 16.0 Å². The molecule has 3 N–H and O–H groups in total. The number of hydrogen-bond donors (Lipinski definition) is 3. The standard InChI is InChI=1S/C16H12BrCl3IN3OS/c17-10-5-3-4-9(8-10)13(25)23-14(16(18,19)20)24-15(26)22-12-7-2-1-6-11(12)21/h1-8,14H,(H,23,25)(H2,22,24,26)/t14-/m0/s1. The summed E-state index contributed by atoms with van der Waals surface area (Å²) in [5.74, 6) is -0.410. The number of rotatable bonds is 4. The Morgan fingerprint density at radius 3 is 2.42 bits per heavy atom. The number of anilines is 1. The van der Waals surface area contributed by atoms with Crippen LogP contribution in [0.25, 0.3) is 0 Å². The molecule has 0 aromatic heterocycles. The molecular weight excluding hydrogens is 595 g/mol. The Kier molecular flexibility index (Phi) is 8.24. The van der Waals surface area contributed by atoms with Gasteiger partial charge in [-0.05, 0) is 65.1 Å². The van der Waals surface area contributed by atoms with E-state index in [-0.39, 0.29) is 5.11 Å². The Bertz CT molecular complexity index is 819. The Morgan fingerprint density at radius 1 is 1.12 bits per heavy atom. The molecule has 4 nitrogen and oxygen atoms in total. The highest BCUT2D eigenvalue weighted by atomic mass is 127. The molecule has 1 amide bonds. The van der Waals surface area contributed by atoms with Gasteiger partial charge in [-0.2, -0.15) is 0 Å². The monoisotopic (exact) mass is 605 g/mol. The van der Waals surface area contributed by atoms with Crippen molar-refractivity contribution in [2.75, 3.05) is 5.32 Å². The number of hydrogen-bond acceptors (Lipinski definition) is 2. The third-order valence-corrected chi connectivity index (χ3v) is 5.40. The molecule has 0 radical (unpaired) electrons. The third-order valence-electron chi connectivity index (χ3n) is 3.09. The lowest BCUT2D eigenvalue weighted by Crippen LogP contribution is -2.56. The SMILES string of the molecule is O=C(N[C@@H](NC(=S)Nc1ccccc1I)C(Cl)(Cl)Cl)c1cccc(Br)c1. The molecule has 0 spiro atoms. The van der Waals surface area contributed by atoms with Gasteiger partial charge in [-0.3, -0.25) is 4.79 Å². The van der Waals surface area contributed by atoms with Crippen LogP contribution in [0, 0.1) is 3.57 Å². The molecule has 0 saturated heterocycles. The summed E-state index contributed by atoms with van der Waals surface area (Å²) in [5.41, 5.74) is 1.21. The van der Waals surface area contributed by atoms with Crippen LogP contribution >= 0.6 is 85.5 Å². The second-order valence-corrected chi connectivity index (χ2v) is 9.89. The van der Waals surface area contributed by atoms with Gasteiger partial charge in [0.05, 0.1) is 5.69 Å². The Hall–Kier alpha value is -0.320. The van der Waals surface area contributed by atoms with E-state index >= 15 is 0 Å². The van der Waals surface area contributed by atoms with E-state index in [0.29, 0.717) is 5.56 Å². The van der Waals surface area contributed by atoms with Crippen LogP contribution in [0.3, 0.4) is 0 Å². The predicted octanol–water partition coefficient (Wildman–Crippen LogP) is 5.47. The molecule has 0 unspecified atom stereocenters. The van der Waals surface area contributed by atoms with Crippen LogP contribution in [0.15, 0.2) is 53.0 Å². The van der Waals surface area contributed by atoms with Crippen LogP contribution in [0.5, 0.6) is 0 Å². The Balaban J connectivity index is 2.09. The van der Waals surface area contributed by atoms with Crippen LogP contribution in [0.4, 0.5) is 5.69 Å². The topological polar surface area (TPSA) is 53.2 Å². The average Bonchev–Trinajstić information content (AvgIpc) is 2.55. The molecular formula is C16H12BrCl3IN3OS. The number of nitrogens with one attached hydrogen (secondary N) is 3. The molecule has 0 saturated carbocycles. The fourth-order valence-corrected chi connectivity index (χ4v) is 3.37. The van der Waals surface area contributed by atoms with Crippen LogP contribution in [0.2, 0.25) is 0 Å². The van der Waals surface area contributed by atoms with Crippen molar-refractivity contribution in [2.24, 2.45) is 0 Å². The summed E-state index contributed by atoms with van der Waals surface area (Å²) in [5, 5.41) is 8.68. The molecule has 0 heterocycles. The third kappa shape index (κ3) is 6.69. The van der Waals surface area contributed by atoms with Crippen molar-refractivity contribution >= 4 is 102 Å². The van der Waals surface area contributed by atoms with Gasteiger partial charge in [-0.15, -0.1) is 0 Å². The van der Waals surface area contributed by atoms with E-state index in [0.717, 1.165) is 13.7 Å². The average molecular weight is 608 g/mol. The van der Waals surface area contributed by atoms with Crippen molar-refractivity contribution in [2.45, 2.75) is 9.96 Å². The molecule has 138 valence electrons. The lowest BCUT2D eigenvalue weighted by atomic mass is 10.2. The highest BCUT2D eigenvalue weighted by molar-refractivity contribution is 14.1. The van der Waals surface area contributed by atoms with Gasteiger partial charge in [0.25, 0.3) is 5.91 Å². The second kappa shape index (κ2) is 9.75. The van der Waals surface area contributed by atoms with E-state index in [1.165, 1.54) is 0 Å². The first-order chi connectivity index (χ1) is 12.2. The quantitative estimate of drug-likeness (QED) is 0.187. The maximum Gasteiger partial charge on any atom is 0.253 e. The zero-order chi connectivity index (χ0) is 19.3. The largest absolute Gasteiger partial charge is 0.339 e. The van der Waals surface area contributed by atoms with Crippen molar-refractivity contribution in [3.8, 4) is 0 Å². The summed E-state index contributed by atoms with van der Waals surface area (Å²) in [6.07, 6.45) is -1.04. The number of para-hydroxylation sites is 1. The molecule has 2 aromatic rings. The van der Waals surface area contributed by atoms with Gasteiger partial charge in [0.2, 0.25) is 3.79 Å². The minimum absolute atomic E-state index is 0.208.